The van der Waals surface area contributed by atoms with Crippen molar-refractivity contribution < 1.29 is 19.4 Å². The van der Waals surface area contributed by atoms with Gasteiger partial charge in [-0.1, -0.05) is 25.0 Å². The number of ether oxygens (including phenoxy) is 1. The summed E-state index contributed by atoms with van der Waals surface area (Å²) in [6.45, 7) is 1.71. The fourth-order valence-corrected chi connectivity index (χ4v) is 3.74. The van der Waals surface area contributed by atoms with E-state index in [2.05, 4.69) is 10.4 Å². The summed E-state index contributed by atoms with van der Waals surface area (Å²) in [5.74, 6) is -0.717. The Balaban J connectivity index is 1.89. The van der Waals surface area contributed by atoms with E-state index < -0.39 is 11.5 Å². The lowest BCUT2D eigenvalue weighted by molar-refractivity contribution is -0.138. The van der Waals surface area contributed by atoms with Crippen molar-refractivity contribution in [2.75, 3.05) is 7.11 Å². The number of aliphatic carboxylic acids is 1. The highest BCUT2D eigenvalue weighted by Gasteiger charge is 2.33. The number of hydrogen-bond acceptors (Lipinski definition) is 4. The normalized spacial score (nSPS) is 16.7. The molecule has 0 aliphatic heterocycles. The summed E-state index contributed by atoms with van der Waals surface area (Å²) in [6.07, 6.45) is 5.64. The first-order valence-electron chi connectivity index (χ1n) is 9.15. The third-order valence-corrected chi connectivity index (χ3v) is 5.17. The van der Waals surface area contributed by atoms with Gasteiger partial charge in [0.15, 0.2) is 0 Å². The maximum atomic E-state index is 13.0. The molecule has 1 aliphatic carbocycles. The highest BCUT2D eigenvalue weighted by atomic mass is 16.5. The van der Waals surface area contributed by atoms with Crippen LogP contribution in [0.3, 0.4) is 0 Å². The second kappa shape index (κ2) is 7.82. The maximum Gasteiger partial charge on any atom is 0.306 e. The summed E-state index contributed by atoms with van der Waals surface area (Å²) in [4.78, 5) is 24.5. The summed E-state index contributed by atoms with van der Waals surface area (Å²) in [7, 11) is 1.55. The molecule has 0 bridgehead atoms. The van der Waals surface area contributed by atoms with Crippen molar-refractivity contribution in [3.63, 3.8) is 0 Å². The summed E-state index contributed by atoms with van der Waals surface area (Å²) in [6, 6.07) is 9.01. The van der Waals surface area contributed by atoms with Gasteiger partial charge in [0.1, 0.15) is 11.4 Å². The Morgan fingerprint density at radius 1 is 1.33 bits per heavy atom. The third kappa shape index (κ3) is 4.13. The second-order valence-electron chi connectivity index (χ2n) is 7.19. The molecule has 1 aromatic carbocycles. The van der Waals surface area contributed by atoms with Crippen LogP contribution in [0.15, 0.2) is 36.5 Å². The van der Waals surface area contributed by atoms with E-state index in [1.165, 1.54) is 0 Å². The fraction of sp³-hybridized carbons (Fsp3) is 0.450. The van der Waals surface area contributed by atoms with Crippen molar-refractivity contribution in [2.24, 2.45) is 0 Å². The number of hydrogen-bond donors (Lipinski definition) is 2. The second-order valence-corrected chi connectivity index (χ2v) is 7.19. The van der Waals surface area contributed by atoms with Gasteiger partial charge < -0.3 is 15.2 Å². The number of benzene rings is 1. The van der Waals surface area contributed by atoms with Crippen LogP contribution in [0.25, 0.3) is 0 Å². The first-order chi connectivity index (χ1) is 12.9. The van der Waals surface area contributed by atoms with Crippen molar-refractivity contribution in [3.05, 3.63) is 47.8 Å². The van der Waals surface area contributed by atoms with Crippen molar-refractivity contribution in [2.45, 2.75) is 50.6 Å². The summed E-state index contributed by atoms with van der Waals surface area (Å²) in [5, 5.41) is 16.7. The smallest absolute Gasteiger partial charge is 0.306 e. The quantitative estimate of drug-likeness (QED) is 0.780. The van der Waals surface area contributed by atoms with Gasteiger partial charge in [-0.05, 0) is 43.5 Å². The van der Waals surface area contributed by atoms with Crippen molar-refractivity contribution in [1.29, 1.82) is 0 Å². The van der Waals surface area contributed by atoms with Gasteiger partial charge in [-0.2, -0.15) is 5.10 Å². The Kier molecular flexibility index (Phi) is 5.48. The molecular weight excluding hydrogens is 346 g/mol. The van der Waals surface area contributed by atoms with Crippen LogP contribution in [0.5, 0.6) is 5.75 Å². The first-order valence-corrected chi connectivity index (χ1v) is 9.15. The monoisotopic (exact) mass is 371 g/mol. The summed E-state index contributed by atoms with van der Waals surface area (Å²) >= 11 is 0. The van der Waals surface area contributed by atoms with Crippen molar-refractivity contribution in [3.8, 4) is 5.75 Å². The molecule has 1 atom stereocenters. The zero-order valence-corrected chi connectivity index (χ0v) is 15.6. The van der Waals surface area contributed by atoms with E-state index >= 15 is 0 Å². The molecule has 2 N–H and O–H groups in total. The zero-order chi connectivity index (χ0) is 19.4. The van der Waals surface area contributed by atoms with Crippen LogP contribution in [0.1, 0.15) is 61.1 Å². The highest BCUT2D eigenvalue weighted by molar-refractivity contribution is 5.93. The van der Waals surface area contributed by atoms with Crippen LogP contribution < -0.4 is 10.1 Å². The van der Waals surface area contributed by atoms with Crippen LogP contribution in [0, 0.1) is 0 Å². The molecular formula is C20H25N3O4. The molecule has 1 heterocycles. The summed E-state index contributed by atoms with van der Waals surface area (Å²) in [5.41, 5.74) is 0.0494. The molecule has 27 heavy (non-hydrogen) atoms. The topological polar surface area (TPSA) is 93.4 Å². The van der Waals surface area contributed by atoms with E-state index in [1.807, 2.05) is 0 Å². The van der Waals surface area contributed by atoms with Gasteiger partial charge in [0.2, 0.25) is 0 Å². The van der Waals surface area contributed by atoms with Crippen molar-refractivity contribution >= 4 is 11.9 Å². The van der Waals surface area contributed by atoms with E-state index in [1.54, 1.807) is 55.2 Å². The lowest BCUT2D eigenvalue weighted by atomic mass is 9.88. The van der Waals surface area contributed by atoms with E-state index in [-0.39, 0.29) is 18.4 Å². The van der Waals surface area contributed by atoms with E-state index in [4.69, 9.17) is 4.74 Å². The molecule has 0 radical (unpaired) electrons. The number of nitrogens with zero attached hydrogens (tertiary/aromatic N) is 2. The Hall–Kier alpha value is -2.83. The zero-order valence-electron chi connectivity index (χ0n) is 15.6. The standard InChI is InChI=1S/C20H25N3O4/c1-20(13-18(24)25,14-6-5-9-16(12-14)27-2)22-19(26)17-10-11-21-23(17)15-7-3-4-8-15/h5-6,9-12,15H,3-4,7-8,13H2,1-2H3,(H,22,26)(H,24,25). The molecule has 144 valence electrons. The number of methoxy groups -OCH3 is 1. The highest BCUT2D eigenvalue weighted by Crippen LogP contribution is 2.31. The van der Waals surface area contributed by atoms with Gasteiger partial charge in [0.05, 0.1) is 25.1 Å². The van der Waals surface area contributed by atoms with Gasteiger partial charge in [-0.25, -0.2) is 0 Å². The number of nitrogens with one attached hydrogen (secondary N) is 1. The lowest BCUT2D eigenvalue weighted by Crippen LogP contribution is -2.45. The minimum Gasteiger partial charge on any atom is -0.497 e. The maximum absolute atomic E-state index is 13.0. The van der Waals surface area contributed by atoms with E-state index in [0.717, 1.165) is 25.7 Å². The summed E-state index contributed by atoms with van der Waals surface area (Å²) < 4.78 is 7.02. The Bertz CT molecular complexity index is 826. The van der Waals surface area contributed by atoms with Crippen LogP contribution >= 0.6 is 0 Å². The molecule has 0 saturated heterocycles. The molecule has 0 spiro atoms. The van der Waals surface area contributed by atoms with Gasteiger partial charge in [-0.3, -0.25) is 14.3 Å². The van der Waals surface area contributed by atoms with Crippen LogP contribution in [0.2, 0.25) is 0 Å². The number of carbonyl (C=O) groups is 2. The van der Waals surface area contributed by atoms with Gasteiger partial charge in [0.25, 0.3) is 5.91 Å². The molecule has 7 heteroatoms. The molecule has 7 nitrogen and oxygen atoms in total. The molecule has 2 aromatic rings. The Morgan fingerprint density at radius 2 is 2.07 bits per heavy atom. The minimum absolute atomic E-state index is 0.225. The van der Waals surface area contributed by atoms with Crippen LogP contribution in [0.4, 0.5) is 0 Å². The lowest BCUT2D eigenvalue weighted by Gasteiger charge is -2.30. The molecule has 1 unspecified atom stereocenters. The molecule has 1 amide bonds. The van der Waals surface area contributed by atoms with Gasteiger partial charge >= 0.3 is 5.97 Å². The molecule has 1 saturated carbocycles. The number of rotatable bonds is 7. The predicted molar refractivity (Wildman–Crippen MR) is 99.8 cm³/mol. The minimum atomic E-state index is -1.08. The fourth-order valence-electron chi connectivity index (χ4n) is 3.74. The third-order valence-electron chi connectivity index (χ3n) is 5.17. The average Bonchev–Trinajstić information content (AvgIpc) is 3.32. The van der Waals surface area contributed by atoms with Crippen LogP contribution in [-0.2, 0) is 10.3 Å². The molecule has 1 aliphatic rings. The number of aromatic nitrogens is 2. The van der Waals surface area contributed by atoms with Gasteiger partial charge in [0, 0.05) is 6.20 Å². The largest absolute Gasteiger partial charge is 0.497 e. The SMILES string of the molecule is COc1cccc(C(C)(CC(=O)O)NC(=O)c2ccnn2C2CCCC2)c1. The number of carbonyl (C=O) groups excluding carboxylic acids is 1. The Labute approximate surface area is 158 Å². The Morgan fingerprint density at radius 3 is 2.74 bits per heavy atom. The number of carboxylic acid groups (broad SMARTS) is 1. The molecule has 1 aromatic heterocycles. The predicted octanol–water partition coefficient (Wildman–Crippen LogP) is 3.13. The molecule has 1 fully saturated rings. The molecule has 3 rings (SSSR count). The average molecular weight is 371 g/mol. The number of carboxylic acids is 1. The van der Waals surface area contributed by atoms with Crippen molar-refractivity contribution in [1.82, 2.24) is 15.1 Å². The van der Waals surface area contributed by atoms with E-state index in [0.29, 0.717) is 17.0 Å². The van der Waals surface area contributed by atoms with Crippen LogP contribution in [-0.4, -0.2) is 33.9 Å². The number of amides is 1. The first kappa shape index (κ1) is 18.9. The van der Waals surface area contributed by atoms with E-state index in [9.17, 15) is 14.7 Å². The van der Waals surface area contributed by atoms with Gasteiger partial charge in [-0.15, -0.1) is 0 Å².